The molecule has 19 fully saturated rings. The van der Waals surface area contributed by atoms with Gasteiger partial charge in [-0.15, -0.1) is 0 Å². The van der Waals surface area contributed by atoms with E-state index in [-0.39, 0.29) is 5.25 Å². The van der Waals surface area contributed by atoms with E-state index in [4.69, 9.17) is 4.74 Å². The van der Waals surface area contributed by atoms with Crippen LogP contribution in [-0.4, -0.2) is 207 Å². The number of methoxy groups -OCH3 is 1. The van der Waals surface area contributed by atoms with Crippen molar-refractivity contribution in [3.8, 4) is 11.8 Å². The second kappa shape index (κ2) is 35.0. The van der Waals surface area contributed by atoms with Gasteiger partial charge in [-0.05, 0) is 302 Å². The molecule has 0 amide bonds. The van der Waals surface area contributed by atoms with Crippen LogP contribution in [0.15, 0.2) is 109 Å². The van der Waals surface area contributed by atoms with Gasteiger partial charge in [-0.3, -0.25) is 29.2 Å². The highest BCUT2D eigenvalue weighted by Crippen LogP contribution is 2.84. The lowest BCUT2D eigenvalue weighted by molar-refractivity contribution is -0.254. The quantitative estimate of drug-likeness (QED) is 0.101. The molecule has 632 valence electrons. The first kappa shape index (κ1) is 80.7. The molecule has 16 heteroatoms. The fourth-order valence-corrected chi connectivity index (χ4v) is 30.3. The summed E-state index contributed by atoms with van der Waals surface area (Å²) in [6.45, 7) is 34.8. The predicted molar refractivity (Wildman–Crippen MR) is 481 cm³/mol. The molecule has 1 N–H and O–H groups in total. The van der Waals surface area contributed by atoms with Gasteiger partial charge in [0, 0.05) is 179 Å². The molecule has 5 aliphatic heterocycles. The molecule has 10 bridgehead atoms. The molecule has 24 rings (SSSR count). The molecule has 0 radical (unpaired) electrons. The van der Waals surface area contributed by atoms with E-state index in [0.29, 0.717) is 5.56 Å². The smallest absolute Gasteiger partial charge is 0.235 e. The standard InChI is InChI=1S/C22H27N3O.C21H31N3O2S.C21H30N2.C19H28N2.C18H28N2/c1-26-20-3-2-14(12-23)8-19(20)25-6-4-24(5-7-25)13-22-11-17-15-9-16(21(17)22)18(22)10-15;25-27(26,19-7-8-19)22-20-3-1-2-4-21(20)24-11-9-23(10-12-24)15-18-14-16-5-6-17(18)13-16;1-15-4-2-3-5-20(15)22-6-8-23(9-7-22)21-18-11-16-10-17(13-18)14-19(21)12-16;1-15-4-2-3-5-19(15)21-10-8-20(9-11-21)18-13-16-6-7-17(12-16)14-18;1-15-8-9-16(2)18(14-15)20-12-10-19(11-13-20)17-6-4-3-5-7-17/h2-3,8,15-18,21H,4-7,9-11,13H2,1H3;1-4,16-19,22H,5-15H2;2-5,16-19,21H,6-14H2,1H3;2-5,16-18H,6-14H2,1H3;8-9,14,17H,3-7,10-13H2,1-2H3. The molecule has 5 aromatic rings. The van der Waals surface area contributed by atoms with E-state index in [9.17, 15) is 13.7 Å². The highest BCUT2D eigenvalue weighted by molar-refractivity contribution is 7.93. The van der Waals surface area contributed by atoms with E-state index in [1.54, 1.807) is 64.9 Å². The van der Waals surface area contributed by atoms with Crippen molar-refractivity contribution in [2.45, 2.75) is 205 Å². The largest absolute Gasteiger partial charge is 0.495 e. The van der Waals surface area contributed by atoms with Crippen LogP contribution >= 0.6 is 0 Å². The van der Waals surface area contributed by atoms with Crippen LogP contribution < -0.4 is 34.0 Å². The maximum absolute atomic E-state index is 12.4. The van der Waals surface area contributed by atoms with Crippen LogP contribution in [0.1, 0.15) is 182 Å². The summed E-state index contributed by atoms with van der Waals surface area (Å²) in [4.78, 5) is 26.3. The summed E-state index contributed by atoms with van der Waals surface area (Å²) >= 11 is 0. The van der Waals surface area contributed by atoms with Crippen molar-refractivity contribution in [1.82, 2.24) is 24.5 Å². The van der Waals surface area contributed by atoms with Crippen LogP contribution in [0, 0.1) is 127 Å². The van der Waals surface area contributed by atoms with Crippen LogP contribution in [0.25, 0.3) is 0 Å². The average Bonchev–Trinajstić information content (AvgIpc) is 1.50. The fourth-order valence-electron chi connectivity index (χ4n) is 28.9. The number of nitrogens with zero attached hydrogens (tertiary/aromatic N) is 11. The van der Waals surface area contributed by atoms with E-state index < -0.39 is 10.0 Å². The van der Waals surface area contributed by atoms with Crippen molar-refractivity contribution in [2.24, 2.45) is 88.3 Å². The van der Waals surface area contributed by atoms with E-state index in [2.05, 4.69) is 160 Å². The molecule has 5 heterocycles. The van der Waals surface area contributed by atoms with Gasteiger partial charge >= 0.3 is 0 Å². The molecule has 117 heavy (non-hydrogen) atoms. The molecule has 0 aromatic heterocycles. The number of aryl methyl sites for hydroxylation is 4. The van der Waals surface area contributed by atoms with Crippen molar-refractivity contribution >= 4 is 44.1 Å². The Hall–Kier alpha value is -6.06. The molecule has 0 spiro atoms. The molecule has 5 aromatic carbocycles. The number of anilines is 6. The van der Waals surface area contributed by atoms with Gasteiger partial charge < -0.3 is 29.2 Å². The third-order valence-electron chi connectivity index (χ3n) is 34.6. The second-order valence-corrected chi connectivity index (χ2v) is 43.3. The number of hydrogen-bond donors (Lipinski definition) is 1. The molecule has 11 unspecified atom stereocenters. The Morgan fingerprint density at radius 3 is 1.52 bits per heavy atom. The first-order valence-electron chi connectivity index (χ1n) is 47.9. The summed E-state index contributed by atoms with van der Waals surface area (Å²) in [7, 11) is -1.50. The van der Waals surface area contributed by atoms with E-state index in [0.717, 1.165) is 194 Å². The minimum absolute atomic E-state index is 0.191. The number of hydrogen-bond acceptors (Lipinski definition) is 14. The van der Waals surface area contributed by atoms with E-state index >= 15 is 0 Å². The van der Waals surface area contributed by atoms with Crippen LogP contribution in [0.3, 0.4) is 0 Å². The van der Waals surface area contributed by atoms with E-state index in [1.807, 2.05) is 36.4 Å². The van der Waals surface area contributed by atoms with Crippen molar-refractivity contribution < 1.29 is 13.2 Å². The number of piperazine rings is 5. The van der Waals surface area contributed by atoms with Gasteiger partial charge in [0.05, 0.1) is 41.1 Å². The number of nitrogens with one attached hydrogen (secondary N) is 1. The van der Waals surface area contributed by atoms with Crippen molar-refractivity contribution in [3.05, 3.63) is 137 Å². The first-order valence-corrected chi connectivity index (χ1v) is 49.5. The Bertz CT molecular complexity index is 4290. The van der Waals surface area contributed by atoms with E-state index in [1.165, 1.54) is 214 Å². The lowest BCUT2D eigenvalue weighted by Crippen LogP contribution is -2.71. The third kappa shape index (κ3) is 17.2. The summed E-state index contributed by atoms with van der Waals surface area (Å²) < 4.78 is 33.1. The molecule has 14 saturated carbocycles. The zero-order chi connectivity index (χ0) is 79.5. The number of sulfonamides is 1. The molecule has 15 nitrogen and oxygen atoms in total. The maximum atomic E-state index is 12.4. The zero-order valence-corrected chi connectivity index (χ0v) is 73.2. The van der Waals surface area contributed by atoms with Crippen molar-refractivity contribution in [2.75, 3.05) is 180 Å². The highest BCUT2D eigenvalue weighted by Gasteiger charge is 2.79. The van der Waals surface area contributed by atoms with Crippen LogP contribution in [0.2, 0.25) is 0 Å². The minimum atomic E-state index is -3.22. The minimum Gasteiger partial charge on any atom is -0.495 e. The van der Waals surface area contributed by atoms with Crippen molar-refractivity contribution in [1.29, 1.82) is 5.26 Å². The topological polar surface area (TPSA) is 112 Å². The fraction of sp³-hybridized carbons (Fsp3) is 0.693. The number of fused-ring (bicyclic) bond motifs is 7. The van der Waals surface area contributed by atoms with Gasteiger partial charge in [-0.25, -0.2) is 8.42 Å². The Labute approximate surface area is 705 Å². The third-order valence-corrected chi connectivity index (χ3v) is 36.4. The van der Waals surface area contributed by atoms with Gasteiger partial charge in [0.1, 0.15) is 5.75 Å². The van der Waals surface area contributed by atoms with Gasteiger partial charge in [-0.1, -0.05) is 99.2 Å². The van der Waals surface area contributed by atoms with Crippen LogP contribution in [0.4, 0.5) is 34.1 Å². The SMILES string of the molecule is COc1ccc(C#N)cc1N1CCN(CC23CC4C5CC(C2C5)C43)CC1.Cc1ccc(C)c(N2CCN(C3CCCCC3)CC2)c1.Cc1ccccc1N1CCN(C2C3CC4CC(C3)CC2C4)CC1.Cc1ccccc1N1CCN(C2CC3CCC(C3)C2)CC1.O=S(=O)(Nc1ccccc1N1CCN(CC2CC3CCC2C3)CC1)C1CC1. The van der Waals surface area contributed by atoms with Crippen LogP contribution in [-0.2, 0) is 10.0 Å². The number of rotatable bonds is 16. The van der Waals surface area contributed by atoms with Gasteiger partial charge in [-0.2, -0.15) is 5.26 Å². The van der Waals surface area contributed by atoms with Crippen LogP contribution in [0.5, 0.6) is 5.75 Å². The zero-order valence-electron chi connectivity index (χ0n) is 72.4. The summed E-state index contributed by atoms with van der Waals surface area (Å²) in [5.74, 6) is 15.8. The Morgan fingerprint density at radius 2 is 0.957 bits per heavy atom. The predicted octanol–water partition coefficient (Wildman–Crippen LogP) is 17.5. The Balaban J connectivity index is 0.0000000978. The number of ether oxygens (including phenoxy) is 1. The van der Waals surface area contributed by atoms with Gasteiger partial charge in [0.2, 0.25) is 10.0 Å². The maximum Gasteiger partial charge on any atom is 0.235 e. The lowest BCUT2D eigenvalue weighted by atomic mass is 9.32. The number of nitriles is 1. The average molecular weight is 1610 g/mol. The Morgan fingerprint density at radius 1 is 0.436 bits per heavy atom. The number of benzene rings is 5. The summed E-state index contributed by atoms with van der Waals surface area (Å²) in [5.41, 5.74) is 14.3. The molecule has 11 atom stereocenters. The highest BCUT2D eigenvalue weighted by atomic mass is 32.2. The van der Waals surface area contributed by atoms with Gasteiger partial charge in [0.15, 0.2) is 0 Å². The van der Waals surface area contributed by atoms with Crippen molar-refractivity contribution in [3.63, 3.8) is 0 Å². The molecule has 19 aliphatic rings. The summed E-state index contributed by atoms with van der Waals surface area (Å²) in [6, 6.07) is 43.2. The normalized spacial score (nSPS) is 34.2. The Kier molecular flexibility index (Phi) is 24.2. The molecule has 14 aliphatic carbocycles. The molecular weight excluding hydrogens is 1460 g/mol. The first-order chi connectivity index (χ1) is 57.1. The number of para-hydroxylation sites is 4. The molecule has 5 saturated heterocycles. The summed E-state index contributed by atoms with van der Waals surface area (Å²) in [5, 5.41) is 9.03. The summed E-state index contributed by atoms with van der Waals surface area (Å²) in [6.07, 6.45) is 34.7. The molecular formula is C101H144N12O3S. The van der Waals surface area contributed by atoms with Gasteiger partial charge in [0.25, 0.3) is 0 Å². The lowest BCUT2D eigenvalue weighted by Gasteiger charge is -2.73. The monoisotopic (exact) mass is 1610 g/mol. The second-order valence-electron chi connectivity index (χ2n) is 41.3.